The summed E-state index contributed by atoms with van der Waals surface area (Å²) in [7, 11) is 0. The van der Waals surface area contributed by atoms with Crippen LogP contribution < -0.4 is 4.90 Å². The molecule has 3 rings (SSSR count). The van der Waals surface area contributed by atoms with Crippen LogP contribution in [0.1, 0.15) is 12.2 Å². The van der Waals surface area contributed by atoms with Crippen molar-refractivity contribution in [2.75, 3.05) is 18.0 Å². The van der Waals surface area contributed by atoms with E-state index in [0.29, 0.717) is 0 Å². The Balaban J connectivity index is 2.28. The minimum atomic E-state index is 1.03. The molecule has 0 saturated carbocycles. The van der Waals surface area contributed by atoms with Gasteiger partial charge in [-0.15, -0.1) is 0 Å². The Morgan fingerprint density at radius 3 is 2.87 bits per heavy atom. The van der Waals surface area contributed by atoms with Gasteiger partial charge in [0.05, 0.1) is 0 Å². The molecule has 1 saturated heterocycles. The van der Waals surface area contributed by atoms with Gasteiger partial charge in [-0.1, -0.05) is 0 Å². The highest BCUT2D eigenvalue weighted by molar-refractivity contribution is 14.1. The van der Waals surface area contributed by atoms with E-state index in [-0.39, 0.29) is 0 Å². The zero-order valence-corrected chi connectivity index (χ0v) is 10.6. The van der Waals surface area contributed by atoms with Crippen molar-refractivity contribution in [3.63, 3.8) is 0 Å². The standard InChI is InChI=1S/C10H11IN4/c1-7-13-9(11)8-10(14-4-2-5-14)12-3-6-15(7)8/h3,6H,2,4-5H2,1H3. The van der Waals surface area contributed by atoms with Crippen molar-refractivity contribution in [2.45, 2.75) is 13.3 Å². The van der Waals surface area contributed by atoms with E-state index < -0.39 is 0 Å². The number of hydrogen-bond donors (Lipinski definition) is 0. The van der Waals surface area contributed by atoms with Gasteiger partial charge < -0.3 is 4.90 Å². The van der Waals surface area contributed by atoms with Gasteiger partial charge in [0.1, 0.15) is 15.0 Å². The van der Waals surface area contributed by atoms with E-state index in [4.69, 9.17) is 0 Å². The molecular formula is C10H11IN4. The lowest BCUT2D eigenvalue weighted by Crippen LogP contribution is -2.38. The monoisotopic (exact) mass is 314 g/mol. The van der Waals surface area contributed by atoms with Crippen LogP contribution in [0.4, 0.5) is 5.82 Å². The van der Waals surface area contributed by atoms with Crippen molar-refractivity contribution in [1.29, 1.82) is 0 Å². The van der Waals surface area contributed by atoms with Crippen molar-refractivity contribution < 1.29 is 0 Å². The first kappa shape index (κ1) is 9.38. The molecule has 0 aliphatic carbocycles. The molecule has 0 unspecified atom stereocenters. The van der Waals surface area contributed by atoms with Crippen LogP contribution in [0, 0.1) is 10.6 Å². The molecular weight excluding hydrogens is 303 g/mol. The Morgan fingerprint density at radius 2 is 2.20 bits per heavy atom. The average Bonchev–Trinajstić information content (AvgIpc) is 2.41. The molecule has 0 aromatic carbocycles. The van der Waals surface area contributed by atoms with E-state index >= 15 is 0 Å². The Kier molecular flexibility index (Phi) is 2.08. The first-order chi connectivity index (χ1) is 7.27. The molecule has 0 atom stereocenters. The zero-order valence-electron chi connectivity index (χ0n) is 8.44. The second-order valence-electron chi connectivity index (χ2n) is 3.76. The summed E-state index contributed by atoms with van der Waals surface area (Å²) < 4.78 is 3.16. The van der Waals surface area contributed by atoms with Gasteiger partial charge in [0, 0.05) is 25.5 Å². The maximum absolute atomic E-state index is 4.47. The largest absolute Gasteiger partial charge is 0.355 e. The fraction of sp³-hybridized carbons (Fsp3) is 0.400. The number of rotatable bonds is 1. The Labute approximate surface area is 101 Å². The van der Waals surface area contributed by atoms with Crippen LogP contribution in [0.3, 0.4) is 0 Å². The molecule has 1 aliphatic heterocycles. The highest BCUT2D eigenvalue weighted by Crippen LogP contribution is 2.27. The van der Waals surface area contributed by atoms with Crippen molar-refractivity contribution in [3.8, 4) is 0 Å². The van der Waals surface area contributed by atoms with Gasteiger partial charge >= 0.3 is 0 Å². The van der Waals surface area contributed by atoms with E-state index in [2.05, 4.69) is 41.9 Å². The van der Waals surface area contributed by atoms with Crippen LogP contribution in [0.2, 0.25) is 0 Å². The number of aromatic nitrogens is 3. The summed E-state index contributed by atoms with van der Waals surface area (Å²) in [4.78, 5) is 11.2. The van der Waals surface area contributed by atoms with E-state index in [9.17, 15) is 0 Å². The van der Waals surface area contributed by atoms with E-state index in [1.807, 2.05) is 19.3 Å². The van der Waals surface area contributed by atoms with Crippen LogP contribution in [-0.2, 0) is 0 Å². The molecule has 0 radical (unpaired) electrons. The zero-order chi connectivity index (χ0) is 10.4. The summed E-state index contributed by atoms with van der Waals surface area (Å²) in [6.45, 7) is 4.26. The molecule has 1 fully saturated rings. The predicted octanol–water partition coefficient (Wildman–Crippen LogP) is 1.85. The molecule has 0 bridgehead atoms. The van der Waals surface area contributed by atoms with Gasteiger partial charge in [-0.05, 0) is 35.9 Å². The van der Waals surface area contributed by atoms with Crippen LogP contribution in [-0.4, -0.2) is 27.5 Å². The number of halogens is 1. The smallest absolute Gasteiger partial charge is 0.155 e. The number of aryl methyl sites for hydroxylation is 1. The first-order valence-electron chi connectivity index (χ1n) is 5.01. The molecule has 4 nitrogen and oxygen atoms in total. The molecule has 3 heterocycles. The quantitative estimate of drug-likeness (QED) is 0.753. The second kappa shape index (κ2) is 3.33. The van der Waals surface area contributed by atoms with Crippen molar-refractivity contribution in [2.24, 2.45) is 0 Å². The number of imidazole rings is 1. The van der Waals surface area contributed by atoms with Crippen LogP contribution in [0.5, 0.6) is 0 Å². The maximum atomic E-state index is 4.47. The van der Waals surface area contributed by atoms with E-state index in [0.717, 1.165) is 33.9 Å². The second-order valence-corrected chi connectivity index (χ2v) is 4.78. The highest BCUT2D eigenvalue weighted by Gasteiger charge is 2.21. The summed E-state index contributed by atoms with van der Waals surface area (Å²) in [6.07, 6.45) is 5.10. The van der Waals surface area contributed by atoms with Gasteiger partial charge in [0.2, 0.25) is 0 Å². The van der Waals surface area contributed by atoms with Gasteiger partial charge in [-0.2, -0.15) is 0 Å². The summed E-state index contributed by atoms with van der Waals surface area (Å²) >= 11 is 2.28. The minimum absolute atomic E-state index is 1.03. The molecule has 0 amide bonds. The third-order valence-electron chi connectivity index (χ3n) is 2.82. The summed E-state index contributed by atoms with van der Waals surface area (Å²) in [5, 5.41) is 0. The fourth-order valence-corrected chi connectivity index (χ4v) is 2.73. The van der Waals surface area contributed by atoms with Crippen LogP contribution in [0.25, 0.3) is 5.52 Å². The van der Waals surface area contributed by atoms with E-state index in [1.165, 1.54) is 6.42 Å². The van der Waals surface area contributed by atoms with Crippen molar-refractivity contribution in [1.82, 2.24) is 14.4 Å². The summed E-state index contributed by atoms with van der Waals surface area (Å²) in [6, 6.07) is 0. The molecule has 0 spiro atoms. The van der Waals surface area contributed by atoms with E-state index in [1.54, 1.807) is 0 Å². The van der Waals surface area contributed by atoms with Gasteiger partial charge in [-0.3, -0.25) is 4.40 Å². The Hall–Kier alpha value is -0.850. The molecule has 78 valence electrons. The topological polar surface area (TPSA) is 33.4 Å². The molecule has 0 N–H and O–H groups in total. The van der Waals surface area contributed by atoms with Crippen molar-refractivity contribution >= 4 is 33.9 Å². The fourth-order valence-electron chi connectivity index (χ4n) is 1.88. The number of nitrogens with zero attached hydrogens (tertiary/aromatic N) is 4. The maximum Gasteiger partial charge on any atom is 0.155 e. The highest BCUT2D eigenvalue weighted by atomic mass is 127. The SMILES string of the molecule is Cc1nc(I)c2c(N3CCC3)nccn12. The van der Waals surface area contributed by atoms with Gasteiger partial charge in [0.25, 0.3) is 0 Å². The van der Waals surface area contributed by atoms with Crippen LogP contribution in [0.15, 0.2) is 12.4 Å². The van der Waals surface area contributed by atoms with Crippen molar-refractivity contribution in [3.05, 3.63) is 21.9 Å². The Morgan fingerprint density at radius 1 is 1.40 bits per heavy atom. The average molecular weight is 314 g/mol. The first-order valence-corrected chi connectivity index (χ1v) is 6.09. The number of fused-ring (bicyclic) bond motifs is 1. The lowest BCUT2D eigenvalue weighted by atomic mass is 10.2. The molecule has 2 aromatic rings. The summed E-state index contributed by atoms with van der Waals surface area (Å²) in [5.41, 5.74) is 1.15. The van der Waals surface area contributed by atoms with Crippen LogP contribution >= 0.6 is 22.6 Å². The minimum Gasteiger partial charge on any atom is -0.355 e. The molecule has 1 aliphatic rings. The summed E-state index contributed by atoms with van der Waals surface area (Å²) in [5.74, 6) is 2.10. The Bertz CT molecular complexity index is 515. The molecule has 2 aromatic heterocycles. The van der Waals surface area contributed by atoms with Gasteiger partial charge in [0.15, 0.2) is 5.82 Å². The molecule has 15 heavy (non-hydrogen) atoms. The predicted molar refractivity (Wildman–Crippen MR) is 67.3 cm³/mol. The third kappa shape index (κ3) is 1.32. The molecule has 5 heteroatoms. The lowest BCUT2D eigenvalue weighted by Gasteiger charge is -2.32. The number of hydrogen-bond acceptors (Lipinski definition) is 3. The lowest BCUT2D eigenvalue weighted by molar-refractivity contribution is 0.610. The van der Waals surface area contributed by atoms with Gasteiger partial charge in [-0.25, -0.2) is 9.97 Å². The normalized spacial score (nSPS) is 15.7. The third-order valence-corrected chi connectivity index (χ3v) is 3.58. The number of anilines is 1.